The number of benzene rings is 1. The van der Waals surface area contributed by atoms with Crippen LogP contribution in [-0.2, 0) is 9.59 Å². The standard InChI is InChI=1S/C20H25N3O3/c1-21-9-11-22(12-10-21)18(24)14-5-4-6-15(13-14)23-19(25)16-7-2-3-8-17(16)20(23)26/h4-6,13,16-17H,2-3,7-12H2,1H3. The molecule has 2 heterocycles. The lowest BCUT2D eigenvalue weighted by atomic mass is 9.81. The molecular weight excluding hydrogens is 330 g/mol. The van der Waals surface area contributed by atoms with Crippen molar-refractivity contribution >= 4 is 23.4 Å². The van der Waals surface area contributed by atoms with Crippen molar-refractivity contribution in [2.75, 3.05) is 38.1 Å². The zero-order valence-electron chi connectivity index (χ0n) is 15.2. The Morgan fingerprint density at radius 2 is 1.58 bits per heavy atom. The molecule has 0 radical (unpaired) electrons. The van der Waals surface area contributed by atoms with Crippen LogP contribution in [0.3, 0.4) is 0 Å². The average molecular weight is 355 g/mol. The van der Waals surface area contributed by atoms with Crippen LogP contribution in [0.25, 0.3) is 0 Å². The van der Waals surface area contributed by atoms with E-state index in [1.165, 1.54) is 4.90 Å². The highest BCUT2D eigenvalue weighted by Crippen LogP contribution is 2.40. The number of anilines is 1. The molecule has 1 aromatic carbocycles. The van der Waals surface area contributed by atoms with Crippen molar-refractivity contribution in [1.29, 1.82) is 0 Å². The smallest absolute Gasteiger partial charge is 0.254 e. The summed E-state index contributed by atoms with van der Waals surface area (Å²) < 4.78 is 0. The van der Waals surface area contributed by atoms with Gasteiger partial charge in [-0.15, -0.1) is 0 Å². The van der Waals surface area contributed by atoms with E-state index in [2.05, 4.69) is 4.90 Å². The van der Waals surface area contributed by atoms with Gasteiger partial charge >= 0.3 is 0 Å². The zero-order chi connectivity index (χ0) is 18.3. The summed E-state index contributed by atoms with van der Waals surface area (Å²) in [6.45, 7) is 3.12. The molecule has 138 valence electrons. The second-order valence-electron chi connectivity index (χ2n) is 7.66. The van der Waals surface area contributed by atoms with Crippen LogP contribution in [-0.4, -0.2) is 60.7 Å². The van der Waals surface area contributed by atoms with Crippen LogP contribution in [0.5, 0.6) is 0 Å². The molecule has 26 heavy (non-hydrogen) atoms. The summed E-state index contributed by atoms with van der Waals surface area (Å²) in [5.41, 5.74) is 1.08. The van der Waals surface area contributed by atoms with Gasteiger partial charge in [-0.05, 0) is 38.1 Å². The minimum atomic E-state index is -0.173. The first-order valence-electron chi connectivity index (χ1n) is 9.52. The average Bonchev–Trinajstić information content (AvgIpc) is 2.93. The molecule has 2 atom stereocenters. The Kier molecular flexibility index (Phi) is 4.53. The molecule has 1 saturated carbocycles. The van der Waals surface area contributed by atoms with Gasteiger partial charge in [-0.3, -0.25) is 19.3 Å². The lowest BCUT2D eigenvalue weighted by molar-refractivity contribution is -0.122. The van der Waals surface area contributed by atoms with Gasteiger partial charge in [-0.25, -0.2) is 0 Å². The summed E-state index contributed by atoms with van der Waals surface area (Å²) in [6.07, 6.45) is 3.61. The SMILES string of the molecule is CN1CCN(C(=O)c2cccc(N3C(=O)C4CCCCC4C3=O)c2)CC1. The van der Waals surface area contributed by atoms with Crippen molar-refractivity contribution in [3.63, 3.8) is 0 Å². The van der Waals surface area contributed by atoms with E-state index in [9.17, 15) is 14.4 Å². The number of hydrogen-bond donors (Lipinski definition) is 0. The minimum absolute atomic E-state index is 0.0311. The van der Waals surface area contributed by atoms with Crippen LogP contribution in [0.15, 0.2) is 24.3 Å². The number of amides is 3. The summed E-state index contributed by atoms with van der Waals surface area (Å²) in [5.74, 6) is -0.564. The Morgan fingerprint density at radius 1 is 0.962 bits per heavy atom. The lowest BCUT2D eigenvalue weighted by Gasteiger charge is -2.32. The third kappa shape index (κ3) is 2.92. The van der Waals surface area contributed by atoms with Gasteiger partial charge in [-0.2, -0.15) is 0 Å². The number of piperazine rings is 1. The van der Waals surface area contributed by atoms with Crippen molar-refractivity contribution in [2.45, 2.75) is 25.7 Å². The fraction of sp³-hybridized carbons (Fsp3) is 0.550. The van der Waals surface area contributed by atoms with Crippen LogP contribution < -0.4 is 4.90 Å². The highest BCUT2D eigenvalue weighted by atomic mass is 16.2. The molecule has 2 aliphatic heterocycles. The maximum absolute atomic E-state index is 12.8. The summed E-state index contributed by atoms with van der Waals surface area (Å²) in [5, 5.41) is 0. The number of nitrogens with zero attached hydrogens (tertiary/aromatic N) is 3. The number of rotatable bonds is 2. The molecule has 0 aromatic heterocycles. The molecular formula is C20H25N3O3. The Bertz CT molecular complexity index is 716. The Hall–Kier alpha value is -2.21. The normalized spacial score (nSPS) is 27.0. The Balaban J connectivity index is 1.57. The fourth-order valence-electron chi connectivity index (χ4n) is 4.39. The Labute approximate surface area is 153 Å². The number of hydrogen-bond acceptors (Lipinski definition) is 4. The van der Waals surface area contributed by atoms with Crippen LogP contribution in [0.2, 0.25) is 0 Å². The second kappa shape index (κ2) is 6.83. The van der Waals surface area contributed by atoms with Crippen LogP contribution in [0, 0.1) is 11.8 Å². The maximum atomic E-state index is 12.8. The second-order valence-corrected chi connectivity index (χ2v) is 7.66. The fourth-order valence-corrected chi connectivity index (χ4v) is 4.39. The molecule has 4 rings (SSSR count). The third-order valence-corrected chi connectivity index (χ3v) is 5.98. The maximum Gasteiger partial charge on any atom is 0.254 e. The number of likely N-dealkylation sites (N-methyl/N-ethyl adjacent to an activating group) is 1. The van der Waals surface area contributed by atoms with Gasteiger partial charge in [0.2, 0.25) is 11.8 Å². The predicted octanol–water partition coefficient (Wildman–Crippen LogP) is 1.75. The predicted molar refractivity (Wildman–Crippen MR) is 97.8 cm³/mol. The van der Waals surface area contributed by atoms with Crippen molar-refractivity contribution < 1.29 is 14.4 Å². The van der Waals surface area contributed by atoms with Gasteiger partial charge in [0.1, 0.15) is 0 Å². The van der Waals surface area contributed by atoms with Crippen molar-refractivity contribution in [3.8, 4) is 0 Å². The zero-order valence-corrected chi connectivity index (χ0v) is 15.2. The largest absolute Gasteiger partial charge is 0.336 e. The lowest BCUT2D eigenvalue weighted by Crippen LogP contribution is -2.47. The molecule has 3 aliphatic rings. The molecule has 3 amide bonds. The van der Waals surface area contributed by atoms with Crippen LogP contribution >= 0.6 is 0 Å². The first-order chi connectivity index (χ1) is 12.6. The summed E-state index contributed by atoms with van der Waals surface area (Å²) in [7, 11) is 2.05. The first kappa shape index (κ1) is 17.2. The molecule has 0 bridgehead atoms. The molecule has 2 saturated heterocycles. The van der Waals surface area contributed by atoms with E-state index < -0.39 is 0 Å². The number of fused-ring (bicyclic) bond motifs is 1. The molecule has 3 fully saturated rings. The highest BCUT2D eigenvalue weighted by molar-refractivity contribution is 6.22. The molecule has 0 spiro atoms. The van der Waals surface area contributed by atoms with E-state index in [-0.39, 0.29) is 29.6 Å². The van der Waals surface area contributed by atoms with Gasteiger partial charge in [-0.1, -0.05) is 18.9 Å². The molecule has 6 heteroatoms. The highest BCUT2D eigenvalue weighted by Gasteiger charge is 2.48. The van der Waals surface area contributed by atoms with E-state index in [4.69, 9.17) is 0 Å². The van der Waals surface area contributed by atoms with Crippen molar-refractivity contribution in [1.82, 2.24) is 9.80 Å². The molecule has 0 N–H and O–H groups in total. The minimum Gasteiger partial charge on any atom is -0.336 e. The quantitative estimate of drug-likeness (QED) is 0.759. The van der Waals surface area contributed by atoms with E-state index in [0.717, 1.165) is 38.8 Å². The van der Waals surface area contributed by atoms with Crippen molar-refractivity contribution in [3.05, 3.63) is 29.8 Å². The van der Waals surface area contributed by atoms with Crippen LogP contribution in [0.4, 0.5) is 5.69 Å². The molecule has 1 aromatic rings. The van der Waals surface area contributed by atoms with Gasteiger partial charge in [0.05, 0.1) is 17.5 Å². The van der Waals surface area contributed by atoms with Crippen LogP contribution in [0.1, 0.15) is 36.0 Å². The molecule has 6 nitrogen and oxygen atoms in total. The topological polar surface area (TPSA) is 60.9 Å². The summed E-state index contributed by atoms with van der Waals surface area (Å²) in [6, 6.07) is 6.99. The van der Waals surface area contributed by atoms with Gasteiger partial charge in [0, 0.05) is 31.7 Å². The first-order valence-corrected chi connectivity index (χ1v) is 9.52. The summed E-state index contributed by atoms with van der Waals surface area (Å²) >= 11 is 0. The summed E-state index contributed by atoms with van der Waals surface area (Å²) in [4.78, 5) is 43.7. The Morgan fingerprint density at radius 3 is 2.19 bits per heavy atom. The number of imide groups is 1. The van der Waals surface area contributed by atoms with Gasteiger partial charge < -0.3 is 9.80 Å². The monoisotopic (exact) mass is 355 g/mol. The molecule has 2 unspecified atom stereocenters. The number of carbonyl (C=O) groups is 3. The number of carbonyl (C=O) groups excluding carboxylic acids is 3. The molecule has 1 aliphatic carbocycles. The van der Waals surface area contributed by atoms with Crippen molar-refractivity contribution in [2.24, 2.45) is 11.8 Å². The van der Waals surface area contributed by atoms with Gasteiger partial charge in [0.15, 0.2) is 0 Å². The third-order valence-electron chi connectivity index (χ3n) is 5.98. The van der Waals surface area contributed by atoms with Gasteiger partial charge in [0.25, 0.3) is 5.91 Å². The van der Waals surface area contributed by atoms with E-state index in [1.807, 2.05) is 11.9 Å². The van der Waals surface area contributed by atoms with E-state index in [0.29, 0.717) is 24.3 Å². The van der Waals surface area contributed by atoms with E-state index in [1.54, 1.807) is 24.3 Å². The van der Waals surface area contributed by atoms with E-state index >= 15 is 0 Å².